The first-order valence-electron chi connectivity index (χ1n) is 3.91. The summed E-state index contributed by atoms with van der Waals surface area (Å²) in [5.41, 5.74) is 4.97. The van der Waals surface area contributed by atoms with E-state index in [1.54, 1.807) is 0 Å². The van der Waals surface area contributed by atoms with Gasteiger partial charge >= 0.3 is 12.6 Å². The van der Waals surface area contributed by atoms with Gasteiger partial charge in [-0.3, -0.25) is 0 Å². The SMILES string of the molecule is NC(=O)Nc1ccc(OC(F)F)c(Cl)c1Cl. The average Bonchev–Trinajstić information content (AvgIpc) is 2.16. The van der Waals surface area contributed by atoms with E-state index in [9.17, 15) is 13.6 Å². The third-order valence-corrected chi connectivity index (χ3v) is 2.39. The molecule has 16 heavy (non-hydrogen) atoms. The summed E-state index contributed by atoms with van der Waals surface area (Å²) in [6.45, 7) is -3.01. The lowest BCUT2D eigenvalue weighted by molar-refractivity contribution is -0.0497. The number of hydrogen-bond acceptors (Lipinski definition) is 2. The fourth-order valence-electron chi connectivity index (χ4n) is 0.948. The molecular formula is C8H6Cl2F2N2O2. The van der Waals surface area contributed by atoms with Crippen LogP contribution < -0.4 is 15.8 Å². The molecule has 0 aliphatic carbocycles. The van der Waals surface area contributed by atoms with Crippen molar-refractivity contribution in [2.75, 3.05) is 5.32 Å². The second-order valence-corrected chi connectivity index (χ2v) is 3.36. The van der Waals surface area contributed by atoms with E-state index in [1.165, 1.54) is 6.07 Å². The lowest BCUT2D eigenvalue weighted by Crippen LogP contribution is -2.19. The number of urea groups is 1. The van der Waals surface area contributed by atoms with Crippen molar-refractivity contribution < 1.29 is 18.3 Å². The highest BCUT2D eigenvalue weighted by Crippen LogP contribution is 2.37. The highest BCUT2D eigenvalue weighted by molar-refractivity contribution is 6.44. The molecule has 0 spiro atoms. The molecule has 3 N–H and O–H groups in total. The van der Waals surface area contributed by atoms with Gasteiger partial charge in [0, 0.05) is 0 Å². The Bertz CT molecular complexity index is 415. The van der Waals surface area contributed by atoms with Crippen LogP contribution in [0.15, 0.2) is 12.1 Å². The number of alkyl halides is 2. The van der Waals surface area contributed by atoms with Gasteiger partial charge in [-0.2, -0.15) is 8.78 Å². The van der Waals surface area contributed by atoms with E-state index in [-0.39, 0.29) is 21.5 Å². The van der Waals surface area contributed by atoms with Gasteiger partial charge in [-0.25, -0.2) is 4.79 Å². The summed E-state index contributed by atoms with van der Waals surface area (Å²) in [6.07, 6.45) is 0. The molecule has 88 valence electrons. The molecule has 1 rings (SSSR count). The third kappa shape index (κ3) is 3.11. The molecule has 4 nitrogen and oxygen atoms in total. The molecule has 2 amide bonds. The number of rotatable bonds is 3. The van der Waals surface area contributed by atoms with Crippen LogP contribution in [0, 0.1) is 0 Å². The lowest BCUT2D eigenvalue weighted by atomic mass is 10.3. The standard InChI is InChI=1S/C8H6Cl2F2N2O2/c9-5-3(14-8(13)15)1-2-4(6(5)10)16-7(11)12/h1-2,7H,(H3,13,14,15). The maximum atomic E-state index is 11.9. The molecule has 0 saturated carbocycles. The first-order chi connectivity index (χ1) is 7.41. The molecule has 8 heteroatoms. The van der Waals surface area contributed by atoms with Crippen LogP contribution in [0.3, 0.4) is 0 Å². The summed E-state index contributed by atoms with van der Waals surface area (Å²) in [7, 11) is 0. The molecule has 0 radical (unpaired) electrons. The minimum atomic E-state index is -3.01. The van der Waals surface area contributed by atoms with Gasteiger partial charge in [-0.05, 0) is 12.1 Å². The quantitative estimate of drug-likeness (QED) is 0.887. The van der Waals surface area contributed by atoms with Crippen LogP contribution in [0.25, 0.3) is 0 Å². The molecule has 0 fully saturated rings. The zero-order valence-electron chi connectivity index (χ0n) is 7.64. The monoisotopic (exact) mass is 270 g/mol. The zero-order chi connectivity index (χ0) is 12.3. The van der Waals surface area contributed by atoms with E-state index in [0.29, 0.717) is 0 Å². The predicted molar refractivity (Wildman–Crippen MR) is 56.3 cm³/mol. The minimum absolute atomic E-state index is 0.112. The molecule has 0 saturated heterocycles. The summed E-state index contributed by atoms with van der Waals surface area (Å²) < 4.78 is 28.0. The number of benzene rings is 1. The summed E-state index contributed by atoms with van der Waals surface area (Å²) in [4.78, 5) is 10.6. The van der Waals surface area contributed by atoms with Gasteiger partial charge in [0.25, 0.3) is 0 Å². The second-order valence-electron chi connectivity index (χ2n) is 2.61. The van der Waals surface area contributed by atoms with Gasteiger partial charge in [-0.15, -0.1) is 0 Å². The average molecular weight is 271 g/mol. The van der Waals surface area contributed by atoms with E-state index in [4.69, 9.17) is 28.9 Å². The fraction of sp³-hybridized carbons (Fsp3) is 0.125. The smallest absolute Gasteiger partial charge is 0.387 e. The van der Waals surface area contributed by atoms with Crippen molar-refractivity contribution in [2.24, 2.45) is 5.73 Å². The van der Waals surface area contributed by atoms with Crippen LogP contribution in [-0.2, 0) is 0 Å². The Hall–Kier alpha value is -1.27. The van der Waals surface area contributed by atoms with Gasteiger partial charge in [0.2, 0.25) is 0 Å². The molecular weight excluding hydrogens is 265 g/mol. The molecule has 0 aliphatic rings. The number of amides is 2. The number of carbonyl (C=O) groups is 1. The molecule has 0 bridgehead atoms. The van der Waals surface area contributed by atoms with E-state index in [1.807, 2.05) is 0 Å². The van der Waals surface area contributed by atoms with E-state index in [2.05, 4.69) is 10.1 Å². The normalized spacial score (nSPS) is 10.3. The van der Waals surface area contributed by atoms with Crippen LogP contribution in [0.4, 0.5) is 19.3 Å². The van der Waals surface area contributed by atoms with Crippen molar-refractivity contribution in [3.63, 3.8) is 0 Å². The summed E-state index contributed by atoms with van der Waals surface area (Å²) in [6, 6.07) is 1.54. The fourth-order valence-corrected chi connectivity index (χ4v) is 1.36. The largest absolute Gasteiger partial charge is 0.433 e. The molecule has 0 aliphatic heterocycles. The summed E-state index contributed by atoms with van der Waals surface area (Å²) >= 11 is 11.3. The molecule has 1 aromatic rings. The number of nitrogens with two attached hydrogens (primary N) is 1. The molecule has 0 unspecified atom stereocenters. The number of carbonyl (C=O) groups excluding carboxylic acids is 1. The van der Waals surface area contributed by atoms with Crippen molar-refractivity contribution in [2.45, 2.75) is 6.61 Å². The van der Waals surface area contributed by atoms with E-state index in [0.717, 1.165) is 6.07 Å². The topological polar surface area (TPSA) is 64.4 Å². The van der Waals surface area contributed by atoms with Crippen molar-refractivity contribution in [1.82, 2.24) is 0 Å². The Morgan fingerprint density at radius 3 is 2.50 bits per heavy atom. The molecule has 1 aromatic carbocycles. The van der Waals surface area contributed by atoms with E-state index < -0.39 is 12.6 Å². The van der Waals surface area contributed by atoms with Crippen LogP contribution in [0.2, 0.25) is 10.0 Å². The second kappa shape index (κ2) is 5.18. The molecule has 0 heterocycles. The van der Waals surface area contributed by atoms with Crippen LogP contribution in [-0.4, -0.2) is 12.6 Å². The summed E-state index contributed by atoms with van der Waals surface area (Å²) in [5.74, 6) is -0.281. The van der Waals surface area contributed by atoms with Crippen LogP contribution in [0.1, 0.15) is 0 Å². The van der Waals surface area contributed by atoms with Gasteiger partial charge in [0.15, 0.2) is 0 Å². The third-order valence-electron chi connectivity index (χ3n) is 1.52. The predicted octanol–water partition coefficient (Wildman–Crippen LogP) is 3.09. The van der Waals surface area contributed by atoms with E-state index >= 15 is 0 Å². The van der Waals surface area contributed by atoms with Gasteiger partial charge in [0.1, 0.15) is 10.8 Å². The number of primary amides is 1. The number of nitrogens with one attached hydrogen (secondary N) is 1. The maximum absolute atomic E-state index is 11.9. The lowest BCUT2D eigenvalue weighted by Gasteiger charge is -2.10. The van der Waals surface area contributed by atoms with Gasteiger partial charge in [-0.1, -0.05) is 23.2 Å². The number of ether oxygens (including phenoxy) is 1. The van der Waals surface area contributed by atoms with Gasteiger partial charge < -0.3 is 15.8 Å². The Morgan fingerprint density at radius 1 is 1.38 bits per heavy atom. The summed E-state index contributed by atoms with van der Waals surface area (Å²) in [5, 5.41) is 1.82. The number of halogens is 4. The van der Waals surface area contributed by atoms with Crippen molar-refractivity contribution in [3.8, 4) is 5.75 Å². The first-order valence-corrected chi connectivity index (χ1v) is 4.66. The Labute approximate surface area is 99.3 Å². The van der Waals surface area contributed by atoms with Crippen molar-refractivity contribution in [3.05, 3.63) is 22.2 Å². The van der Waals surface area contributed by atoms with Crippen LogP contribution in [0.5, 0.6) is 5.75 Å². The zero-order valence-corrected chi connectivity index (χ0v) is 9.15. The van der Waals surface area contributed by atoms with Crippen molar-refractivity contribution >= 4 is 34.9 Å². The van der Waals surface area contributed by atoms with Crippen molar-refractivity contribution in [1.29, 1.82) is 0 Å². The number of hydrogen-bond donors (Lipinski definition) is 2. The van der Waals surface area contributed by atoms with Gasteiger partial charge in [0.05, 0.1) is 10.7 Å². The molecule has 0 atom stereocenters. The number of anilines is 1. The first kappa shape index (κ1) is 12.8. The Balaban J connectivity index is 3.03. The highest BCUT2D eigenvalue weighted by Gasteiger charge is 2.14. The Kier molecular flexibility index (Phi) is 4.14. The van der Waals surface area contributed by atoms with Crippen LogP contribution >= 0.6 is 23.2 Å². The molecule has 0 aromatic heterocycles. The highest BCUT2D eigenvalue weighted by atomic mass is 35.5. The minimum Gasteiger partial charge on any atom is -0.433 e. The maximum Gasteiger partial charge on any atom is 0.387 e. The Morgan fingerprint density at radius 2 is 2.00 bits per heavy atom.